The van der Waals surface area contributed by atoms with E-state index in [0.29, 0.717) is 52.3 Å². The third kappa shape index (κ3) is 4.89. The molecule has 0 unspecified atom stereocenters. The van der Waals surface area contributed by atoms with Crippen molar-refractivity contribution in [1.82, 2.24) is 19.7 Å². The van der Waals surface area contributed by atoms with Gasteiger partial charge < -0.3 is 18.8 Å². The number of sulfonamides is 1. The molecule has 4 heterocycles. The topological polar surface area (TPSA) is 142 Å². The van der Waals surface area contributed by atoms with Crippen molar-refractivity contribution in [2.24, 2.45) is 0 Å². The van der Waals surface area contributed by atoms with Crippen molar-refractivity contribution >= 4 is 39.2 Å². The monoisotopic (exact) mass is 558 g/mol. The van der Waals surface area contributed by atoms with Gasteiger partial charge in [-0.3, -0.25) is 19.1 Å². The number of nitrogens with zero attached hydrogens (tertiary/aromatic N) is 5. The van der Waals surface area contributed by atoms with Crippen LogP contribution in [0.4, 0.5) is 11.6 Å². The molecule has 0 bridgehead atoms. The van der Waals surface area contributed by atoms with Crippen LogP contribution in [0.15, 0.2) is 53.3 Å². The lowest BCUT2D eigenvalue weighted by atomic mass is 10.1. The van der Waals surface area contributed by atoms with Crippen molar-refractivity contribution in [3.8, 4) is 28.8 Å². The number of ether oxygens (including phenoxy) is 2. The average Bonchev–Trinajstić information content (AvgIpc) is 3.56. The van der Waals surface area contributed by atoms with Crippen LogP contribution in [0.3, 0.4) is 0 Å². The largest absolute Gasteiger partial charge is 0.494 e. The van der Waals surface area contributed by atoms with E-state index in [2.05, 4.69) is 19.9 Å². The second-order valence-corrected chi connectivity index (χ2v) is 10.5. The Morgan fingerprint density at radius 2 is 1.89 bits per heavy atom. The minimum Gasteiger partial charge on any atom is -0.494 e. The molecule has 4 aromatic rings. The van der Waals surface area contributed by atoms with Gasteiger partial charge in [0.2, 0.25) is 27.7 Å². The number of carbonyl (C=O) groups is 1. The van der Waals surface area contributed by atoms with E-state index >= 15 is 0 Å². The molecule has 1 aliphatic heterocycles. The molecule has 0 saturated carbocycles. The van der Waals surface area contributed by atoms with Crippen LogP contribution in [-0.2, 0) is 21.2 Å². The number of hydrogen-bond acceptors (Lipinski definition) is 9. The highest BCUT2D eigenvalue weighted by molar-refractivity contribution is 7.92. The molecule has 1 aromatic carbocycles. The molecule has 1 saturated heterocycles. The van der Waals surface area contributed by atoms with Crippen LogP contribution in [0.1, 0.15) is 12.1 Å². The van der Waals surface area contributed by atoms with E-state index in [1.807, 2.05) is 0 Å². The Kier molecular flexibility index (Phi) is 6.95. The normalized spacial score (nSPS) is 13.3. The third-order valence-electron chi connectivity index (χ3n) is 5.94. The standard InChI is InChI=1S/C24H23ClN6O6S/c1-35-18-5-3-6-19(36-2)22(18)31-23(20-7-4-11-37-20)27-28-24(31)29-38(33,34)12-9-16-17(13-15(25)14-26-16)30-10-8-21(30)32/h3-7,11,13-14H,8-10,12H2,1-2H3,(H,28,29). The number of halogens is 1. The summed E-state index contributed by atoms with van der Waals surface area (Å²) >= 11 is 6.08. The molecule has 5 rings (SSSR count). The highest BCUT2D eigenvalue weighted by atomic mass is 35.5. The van der Waals surface area contributed by atoms with Gasteiger partial charge in [0.25, 0.3) is 0 Å². The quantitative estimate of drug-likeness (QED) is 0.290. The summed E-state index contributed by atoms with van der Waals surface area (Å²) in [7, 11) is -1.01. The highest BCUT2D eigenvalue weighted by Crippen LogP contribution is 2.38. The maximum atomic E-state index is 13.2. The van der Waals surface area contributed by atoms with E-state index < -0.39 is 10.0 Å². The van der Waals surface area contributed by atoms with Gasteiger partial charge in [-0.25, -0.2) is 8.42 Å². The summed E-state index contributed by atoms with van der Waals surface area (Å²) in [6.45, 7) is 0.526. The molecular weight excluding hydrogens is 536 g/mol. The number of nitrogens with one attached hydrogen (secondary N) is 1. The van der Waals surface area contributed by atoms with Gasteiger partial charge in [0.1, 0.15) is 17.2 Å². The first-order valence-corrected chi connectivity index (χ1v) is 13.5. The molecule has 1 aliphatic rings. The number of methoxy groups -OCH3 is 2. The molecule has 38 heavy (non-hydrogen) atoms. The summed E-state index contributed by atoms with van der Waals surface area (Å²) in [5, 5.41) is 8.62. The summed E-state index contributed by atoms with van der Waals surface area (Å²) in [5.41, 5.74) is 1.33. The first kappa shape index (κ1) is 25.5. The van der Waals surface area contributed by atoms with Crippen LogP contribution in [0, 0.1) is 0 Å². The predicted octanol–water partition coefficient (Wildman–Crippen LogP) is 3.31. The Labute approximate surface area is 223 Å². The number of carbonyl (C=O) groups excluding carboxylic acids is 1. The summed E-state index contributed by atoms with van der Waals surface area (Å²) in [6, 6.07) is 10.1. The molecule has 1 N–H and O–H groups in total. The van der Waals surface area contributed by atoms with Gasteiger partial charge in [0.05, 0.1) is 42.6 Å². The van der Waals surface area contributed by atoms with E-state index in [1.54, 1.807) is 36.4 Å². The number of aromatic nitrogens is 4. The summed E-state index contributed by atoms with van der Waals surface area (Å²) < 4.78 is 47.0. The van der Waals surface area contributed by atoms with Crippen molar-refractivity contribution in [2.75, 3.05) is 36.1 Å². The molecule has 1 amide bonds. The Hall–Kier alpha value is -4.10. The lowest BCUT2D eigenvalue weighted by molar-refractivity contribution is -0.122. The van der Waals surface area contributed by atoms with Gasteiger partial charge in [0, 0.05) is 25.6 Å². The summed E-state index contributed by atoms with van der Waals surface area (Å²) in [4.78, 5) is 17.8. The third-order valence-corrected chi connectivity index (χ3v) is 7.38. The number of amides is 1. The molecule has 14 heteroatoms. The first-order chi connectivity index (χ1) is 18.3. The fourth-order valence-corrected chi connectivity index (χ4v) is 5.18. The molecular formula is C24H23ClN6O6S. The fraction of sp³-hybridized carbons (Fsp3) is 0.250. The van der Waals surface area contributed by atoms with Crippen molar-refractivity contribution < 1.29 is 27.1 Å². The maximum Gasteiger partial charge on any atom is 0.243 e. The fourth-order valence-electron chi connectivity index (χ4n) is 4.05. The Bertz CT molecular complexity index is 1570. The van der Waals surface area contributed by atoms with E-state index in [-0.39, 0.29) is 29.9 Å². The maximum absolute atomic E-state index is 13.2. The zero-order valence-electron chi connectivity index (χ0n) is 20.4. The second-order valence-electron chi connectivity index (χ2n) is 8.26. The van der Waals surface area contributed by atoms with E-state index in [1.165, 1.54) is 36.1 Å². The van der Waals surface area contributed by atoms with Crippen molar-refractivity contribution in [3.05, 3.63) is 59.6 Å². The Balaban J connectivity index is 1.49. The minimum absolute atomic E-state index is 0.0305. The van der Waals surface area contributed by atoms with E-state index in [9.17, 15) is 13.2 Å². The number of para-hydroxylation sites is 1. The van der Waals surface area contributed by atoms with E-state index in [0.717, 1.165) is 0 Å². The molecule has 12 nitrogen and oxygen atoms in total. The van der Waals surface area contributed by atoms with Gasteiger partial charge in [0.15, 0.2) is 5.76 Å². The number of β-lactam (4-membered cyclic amide) rings is 1. The number of benzene rings is 1. The highest BCUT2D eigenvalue weighted by Gasteiger charge is 2.29. The van der Waals surface area contributed by atoms with Gasteiger partial charge in [-0.15, -0.1) is 10.2 Å². The van der Waals surface area contributed by atoms with Gasteiger partial charge in [-0.2, -0.15) is 0 Å². The zero-order valence-corrected chi connectivity index (χ0v) is 22.0. The average molecular weight is 559 g/mol. The second kappa shape index (κ2) is 10.3. The molecule has 0 spiro atoms. The Morgan fingerprint density at radius 1 is 1.13 bits per heavy atom. The lowest BCUT2D eigenvalue weighted by Gasteiger charge is -2.32. The van der Waals surface area contributed by atoms with Crippen LogP contribution in [0.5, 0.6) is 11.5 Å². The number of anilines is 2. The predicted molar refractivity (Wildman–Crippen MR) is 139 cm³/mol. The zero-order chi connectivity index (χ0) is 26.9. The molecule has 1 fully saturated rings. The molecule has 3 aromatic heterocycles. The smallest absolute Gasteiger partial charge is 0.243 e. The van der Waals surface area contributed by atoms with Crippen LogP contribution in [0.25, 0.3) is 17.3 Å². The van der Waals surface area contributed by atoms with Crippen LogP contribution in [0.2, 0.25) is 5.02 Å². The van der Waals surface area contributed by atoms with Crippen LogP contribution in [-0.4, -0.2) is 60.6 Å². The molecule has 198 valence electrons. The lowest BCUT2D eigenvalue weighted by Crippen LogP contribution is -2.44. The summed E-state index contributed by atoms with van der Waals surface area (Å²) in [5.74, 6) is 0.863. The van der Waals surface area contributed by atoms with Gasteiger partial charge >= 0.3 is 0 Å². The van der Waals surface area contributed by atoms with Crippen LogP contribution >= 0.6 is 11.6 Å². The summed E-state index contributed by atoms with van der Waals surface area (Å²) in [6.07, 6.45) is 3.34. The van der Waals surface area contributed by atoms with Gasteiger partial charge in [-0.05, 0) is 30.3 Å². The minimum atomic E-state index is -3.97. The molecule has 0 radical (unpaired) electrons. The molecule has 0 atom stereocenters. The Morgan fingerprint density at radius 3 is 2.50 bits per heavy atom. The van der Waals surface area contributed by atoms with Crippen molar-refractivity contribution in [3.63, 3.8) is 0 Å². The number of aryl methyl sites for hydroxylation is 1. The first-order valence-electron chi connectivity index (χ1n) is 11.5. The van der Waals surface area contributed by atoms with Gasteiger partial charge in [-0.1, -0.05) is 17.7 Å². The number of pyridine rings is 1. The van der Waals surface area contributed by atoms with Crippen molar-refractivity contribution in [1.29, 1.82) is 0 Å². The number of rotatable bonds is 10. The SMILES string of the molecule is COc1cccc(OC)c1-n1c(NS(=O)(=O)CCc2ncc(Cl)cc2N2CCC2=O)nnc1-c1ccco1. The van der Waals surface area contributed by atoms with Crippen LogP contribution < -0.4 is 19.1 Å². The number of furan rings is 1. The van der Waals surface area contributed by atoms with Crippen molar-refractivity contribution in [2.45, 2.75) is 12.8 Å². The molecule has 0 aliphatic carbocycles. The van der Waals surface area contributed by atoms with E-state index in [4.69, 9.17) is 25.5 Å². The number of hydrogen-bond donors (Lipinski definition) is 1.